The number of amides is 1. The van der Waals surface area contributed by atoms with E-state index < -0.39 is 0 Å². The lowest BCUT2D eigenvalue weighted by atomic mass is 10.1. The van der Waals surface area contributed by atoms with Crippen LogP contribution in [0.1, 0.15) is 23.9 Å². The summed E-state index contributed by atoms with van der Waals surface area (Å²) in [4.78, 5) is 14.3. The van der Waals surface area contributed by atoms with Gasteiger partial charge < -0.3 is 10.2 Å². The van der Waals surface area contributed by atoms with E-state index in [0.29, 0.717) is 10.7 Å². The normalized spacial score (nSPS) is 10.7. The average Bonchev–Trinajstić information content (AvgIpc) is 2.72. The fraction of sp³-hybridized carbons (Fsp3) is 0.412. The van der Waals surface area contributed by atoms with E-state index >= 15 is 0 Å². The largest absolute Gasteiger partial charge is 0.376 e. The van der Waals surface area contributed by atoms with Gasteiger partial charge in [-0.3, -0.25) is 9.48 Å². The summed E-state index contributed by atoms with van der Waals surface area (Å²) < 4.78 is 1.75. The predicted octanol–water partition coefficient (Wildman–Crippen LogP) is 3.42. The van der Waals surface area contributed by atoms with Gasteiger partial charge in [0.25, 0.3) is 0 Å². The highest BCUT2D eigenvalue weighted by Crippen LogP contribution is 2.27. The van der Waals surface area contributed by atoms with E-state index in [1.165, 1.54) is 5.56 Å². The minimum atomic E-state index is -0.122. The Labute approximate surface area is 142 Å². The summed E-state index contributed by atoms with van der Waals surface area (Å²) in [6.07, 6.45) is 0.915. The van der Waals surface area contributed by atoms with E-state index in [1.54, 1.807) is 16.8 Å². The van der Waals surface area contributed by atoms with Crippen LogP contribution in [-0.4, -0.2) is 29.8 Å². The first-order valence-corrected chi connectivity index (χ1v) is 8.00. The standard InChI is InChI=1S/C17H23ClN4O/c1-6-14-11(2)20-22(12(14)3)10-17(23)19-15-9-13(18)7-8-16(15)21(4)5/h7-9H,6,10H2,1-5H3,(H,19,23). The molecule has 2 aromatic rings. The molecule has 0 saturated heterocycles. The van der Waals surface area contributed by atoms with Crippen molar-refractivity contribution in [3.05, 3.63) is 40.2 Å². The maximum Gasteiger partial charge on any atom is 0.246 e. The van der Waals surface area contributed by atoms with Crippen LogP contribution in [0.15, 0.2) is 18.2 Å². The smallest absolute Gasteiger partial charge is 0.246 e. The summed E-state index contributed by atoms with van der Waals surface area (Å²) in [5.41, 5.74) is 4.83. The van der Waals surface area contributed by atoms with Crippen molar-refractivity contribution in [2.75, 3.05) is 24.3 Å². The Morgan fingerprint density at radius 1 is 1.35 bits per heavy atom. The van der Waals surface area contributed by atoms with E-state index in [9.17, 15) is 4.79 Å². The lowest BCUT2D eigenvalue weighted by molar-refractivity contribution is -0.116. The third-order valence-corrected chi connectivity index (χ3v) is 4.13. The van der Waals surface area contributed by atoms with Crippen LogP contribution in [0.5, 0.6) is 0 Å². The Bertz CT molecular complexity index is 722. The van der Waals surface area contributed by atoms with Crippen molar-refractivity contribution in [2.24, 2.45) is 0 Å². The Balaban J connectivity index is 2.19. The molecular formula is C17H23ClN4O. The van der Waals surface area contributed by atoms with E-state index in [1.807, 2.05) is 38.9 Å². The molecule has 0 aliphatic carbocycles. The van der Waals surface area contributed by atoms with Crippen molar-refractivity contribution in [2.45, 2.75) is 33.7 Å². The number of carbonyl (C=O) groups excluding carboxylic acids is 1. The highest BCUT2D eigenvalue weighted by atomic mass is 35.5. The molecule has 5 nitrogen and oxygen atoms in total. The first-order valence-electron chi connectivity index (χ1n) is 7.63. The van der Waals surface area contributed by atoms with Crippen molar-refractivity contribution in [3.8, 4) is 0 Å². The van der Waals surface area contributed by atoms with Crippen LogP contribution in [0, 0.1) is 13.8 Å². The molecule has 0 fully saturated rings. The highest BCUT2D eigenvalue weighted by Gasteiger charge is 2.14. The number of aryl methyl sites for hydroxylation is 1. The van der Waals surface area contributed by atoms with Gasteiger partial charge in [0.2, 0.25) is 5.91 Å². The van der Waals surface area contributed by atoms with Gasteiger partial charge in [0, 0.05) is 24.8 Å². The van der Waals surface area contributed by atoms with Crippen LogP contribution in [0.3, 0.4) is 0 Å². The molecule has 1 aromatic heterocycles. The molecule has 124 valence electrons. The first kappa shape index (κ1) is 17.3. The minimum absolute atomic E-state index is 0.122. The molecule has 1 amide bonds. The summed E-state index contributed by atoms with van der Waals surface area (Å²) in [6.45, 7) is 6.25. The Kier molecular flexibility index (Phi) is 5.31. The van der Waals surface area contributed by atoms with Gasteiger partial charge >= 0.3 is 0 Å². The zero-order chi connectivity index (χ0) is 17.1. The van der Waals surface area contributed by atoms with Gasteiger partial charge in [-0.2, -0.15) is 5.10 Å². The number of hydrogen-bond acceptors (Lipinski definition) is 3. The van der Waals surface area contributed by atoms with E-state index in [2.05, 4.69) is 17.3 Å². The molecule has 0 atom stereocenters. The van der Waals surface area contributed by atoms with Crippen molar-refractivity contribution in [3.63, 3.8) is 0 Å². The van der Waals surface area contributed by atoms with E-state index in [4.69, 9.17) is 11.6 Å². The number of benzene rings is 1. The Morgan fingerprint density at radius 2 is 2.04 bits per heavy atom. The van der Waals surface area contributed by atoms with Crippen LogP contribution >= 0.6 is 11.6 Å². The summed E-state index contributed by atoms with van der Waals surface area (Å²) >= 11 is 6.05. The number of nitrogens with one attached hydrogen (secondary N) is 1. The molecule has 0 aliphatic rings. The topological polar surface area (TPSA) is 50.2 Å². The molecule has 0 unspecified atom stereocenters. The van der Waals surface area contributed by atoms with Crippen LogP contribution in [0.2, 0.25) is 5.02 Å². The number of rotatable bonds is 5. The maximum absolute atomic E-state index is 12.4. The number of carbonyl (C=O) groups is 1. The van der Waals surface area contributed by atoms with Gasteiger partial charge in [0.05, 0.1) is 17.1 Å². The summed E-state index contributed by atoms with van der Waals surface area (Å²) in [7, 11) is 3.85. The first-order chi connectivity index (χ1) is 10.8. The van der Waals surface area contributed by atoms with Crippen molar-refractivity contribution in [1.82, 2.24) is 9.78 Å². The molecule has 0 spiro atoms. The highest BCUT2D eigenvalue weighted by molar-refractivity contribution is 6.31. The summed E-state index contributed by atoms with van der Waals surface area (Å²) in [5.74, 6) is -0.122. The molecule has 0 radical (unpaired) electrons. The SMILES string of the molecule is CCc1c(C)nn(CC(=O)Nc2cc(Cl)ccc2N(C)C)c1C. The van der Waals surface area contributed by atoms with Crippen LogP contribution in [0.25, 0.3) is 0 Å². The fourth-order valence-corrected chi connectivity index (χ4v) is 2.90. The number of halogens is 1. The monoisotopic (exact) mass is 334 g/mol. The predicted molar refractivity (Wildman–Crippen MR) is 95.5 cm³/mol. The van der Waals surface area contributed by atoms with Crippen molar-refractivity contribution < 1.29 is 4.79 Å². The summed E-state index contributed by atoms with van der Waals surface area (Å²) in [6, 6.07) is 5.45. The molecule has 0 saturated carbocycles. The van der Waals surface area contributed by atoms with E-state index in [-0.39, 0.29) is 12.5 Å². The summed E-state index contributed by atoms with van der Waals surface area (Å²) in [5, 5.41) is 7.97. The third-order valence-electron chi connectivity index (χ3n) is 3.89. The zero-order valence-corrected chi connectivity index (χ0v) is 15.0. The molecule has 0 aliphatic heterocycles. The molecule has 6 heteroatoms. The molecule has 1 N–H and O–H groups in total. The Morgan fingerprint density at radius 3 is 2.61 bits per heavy atom. The van der Waals surface area contributed by atoms with Crippen LogP contribution < -0.4 is 10.2 Å². The molecule has 23 heavy (non-hydrogen) atoms. The average molecular weight is 335 g/mol. The second-order valence-corrected chi connectivity index (χ2v) is 6.20. The second kappa shape index (κ2) is 7.04. The number of anilines is 2. The van der Waals surface area contributed by atoms with Crippen LogP contribution in [0.4, 0.5) is 11.4 Å². The maximum atomic E-state index is 12.4. The van der Waals surface area contributed by atoms with Gasteiger partial charge in [-0.25, -0.2) is 0 Å². The van der Waals surface area contributed by atoms with Crippen molar-refractivity contribution >= 4 is 28.9 Å². The number of hydrogen-bond donors (Lipinski definition) is 1. The van der Waals surface area contributed by atoms with Gasteiger partial charge in [0.1, 0.15) is 6.54 Å². The second-order valence-electron chi connectivity index (χ2n) is 5.76. The molecule has 1 heterocycles. The lowest BCUT2D eigenvalue weighted by Gasteiger charge is -2.18. The fourth-order valence-electron chi connectivity index (χ4n) is 2.72. The molecule has 1 aromatic carbocycles. The minimum Gasteiger partial charge on any atom is -0.376 e. The van der Waals surface area contributed by atoms with Gasteiger partial charge in [-0.05, 0) is 44.0 Å². The van der Waals surface area contributed by atoms with Crippen LogP contribution in [-0.2, 0) is 17.8 Å². The zero-order valence-electron chi connectivity index (χ0n) is 14.3. The van der Waals surface area contributed by atoms with E-state index in [0.717, 1.165) is 23.5 Å². The van der Waals surface area contributed by atoms with Gasteiger partial charge in [-0.15, -0.1) is 0 Å². The quantitative estimate of drug-likeness (QED) is 0.911. The van der Waals surface area contributed by atoms with Crippen molar-refractivity contribution in [1.29, 1.82) is 0 Å². The number of nitrogens with zero attached hydrogens (tertiary/aromatic N) is 3. The Hall–Kier alpha value is -2.01. The number of aromatic nitrogens is 2. The third kappa shape index (κ3) is 3.85. The molecular weight excluding hydrogens is 312 g/mol. The van der Waals surface area contributed by atoms with Gasteiger partial charge in [-0.1, -0.05) is 18.5 Å². The molecule has 2 rings (SSSR count). The lowest BCUT2D eigenvalue weighted by Crippen LogP contribution is -2.22. The molecule has 0 bridgehead atoms. The van der Waals surface area contributed by atoms with Gasteiger partial charge in [0.15, 0.2) is 0 Å².